The summed E-state index contributed by atoms with van der Waals surface area (Å²) in [5, 5.41) is 7.47. The molecule has 4 fully saturated rings. The molecule has 0 unspecified atom stereocenters. The van der Waals surface area contributed by atoms with E-state index in [1.165, 1.54) is 14.2 Å². The molecule has 4 N–H and O–H groups in total. The van der Waals surface area contributed by atoms with E-state index in [1.807, 2.05) is 22.2 Å². The molecule has 0 radical (unpaired) electrons. The van der Waals surface area contributed by atoms with Gasteiger partial charge >= 0.3 is 12.2 Å². The molecule has 17 heteroatoms. The molecule has 4 amide bonds. The maximum absolute atomic E-state index is 14.2. The highest BCUT2D eigenvalue weighted by molar-refractivity contribution is 5.90. The summed E-state index contributed by atoms with van der Waals surface area (Å²) in [5.41, 5.74) is 5.55. The van der Waals surface area contributed by atoms with Gasteiger partial charge in [0.2, 0.25) is 5.91 Å². The Hall–Kier alpha value is -6.46. The van der Waals surface area contributed by atoms with E-state index in [1.54, 1.807) is 0 Å². The number of amides is 4. The van der Waals surface area contributed by atoms with Crippen LogP contribution in [0.4, 0.5) is 9.59 Å². The minimum absolute atomic E-state index is 0.0419. The van der Waals surface area contributed by atoms with Gasteiger partial charge in [-0.15, -0.1) is 0 Å². The molecule has 5 aliphatic heterocycles. The second-order valence-electron chi connectivity index (χ2n) is 19.3. The smallest absolute Gasteiger partial charge is 0.407 e. The summed E-state index contributed by atoms with van der Waals surface area (Å²) in [4.78, 5) is 73.6. The zero-order valence-electron chi connectivity index (χ0n) is 40.5. The van der Waals surface area contributed by atoms with E-state index in [2.05, 4.69) is 83.0 Å². The SMILES string of the molecule is CCC1(CC)c2ccc(-c3cnc([C@@H]4CCCN4C(=O)[C@H](OC(=O)NC)C4CCOCC4)[nH]3)cc2Oc2cc3ccc(-c4cnc([C@@H]5CCCN5C(=O)[C@@H](NC(=O)OC)C5CCOCC5)[nH]4)cc3cc21. The summed E-state index contributed by atoms with van der Waals surface area (Å²) in [5.74, 6) is 2.58. The van der Waals surface area contributed by atoms with Crippen LogP contribution in [-0.4, -0.2) is 120 Å². The lowest BCUT2D eigenvalue weighted by Gasteiger charge is -2.39. The fraction of sp³-hybridized carbons (Fsp3) is 0.509. The molecule has 4 atom stereocenters. The highest BCUT2D eigenvalue weighted by Gasteiger charge is 2.44. The van der Waals surface area contributed by atoms with Crippen molar-refractivity contribution < 1.29 is 42.9 Å². The fourth-order valence-corrected chi connectivity index (χ4v) is 11.8. The van der Waals surface area contributed by atoms with Gasteiger partial charge < -0.3 is 54.1 Å². The van der Waals surface area contributed by atoms with Crippen LogP contribution in [0, 0.1) is 11.8 Å². The largest absolute Gasteiger partial charge is 0.457 e. The molecule has 10 rings (SSSR count). The van der Waals surface area contributed by atoms with Crippen molar-refractivity contribution in [1.82, 2.24) is 40.4 Å². The van der Waals surface area contributed by atoms with Crippen LogP contribution in [0.15, 0.2) is 60.9 Å². The van der Waals surface area contributed by atoms with Crippen molar-refractivity contribution in [3.8, 4) is 34.0 Å². The third-order valence-electron chi connectivity index (χ3n) is 15.7. The number of nitrogens with zero attached hydrogens (tertiary/aromatic N) is 4. The Bertz CT molecular complexity index is 2740. The topological polar surface area (TPSA) is 202 Å². The lowest BCUT2D eigenvalue weighted by atomic mass is 9.68. The van der Waals surface area contributed by atoms with E-state index in [-0.39, 0.29) is 41.1 Å². The van der Waals surface area contributed by atoms with Gasteiger partial charge in [-0.1, -0.05) is 38.1 Å². The number of likely N-dealkylation sites (tertiary alicyclic amines) is 2. The van der Waals surface area contributed by atoms with Crippen LogP contribution in [-0.2, 0) is 34.0 Å². The molecule has 70 heavy (non-hydrogen) atoms. The Kier molecular flexibility index (Phi) is 13.6. The van der Waals surface area contributed by atoms with Crippen molar-refractivity contribution in [3.63, 3.8) is 0 Å². The molecule has 0 aliphatic carbocycles. The van der Waals surface area contributed by atoms with Crippen LogP contribution < -0.4 is 15.4 Å². The summed E-state index contributed by atoms with van der Waals surface area (Å²) in [6, 6.07) is 16.0. The number of carbonyl (C=O) groups is 4. The number of aromatic nitrogens is 4. The number of hydrogen-bond acceptors (Lipinski definition) is 11. The van der Waals surface area contributed by atoms with Crippen molar-refractivity contribution in [3.05, 3.63) is 83.7 Å². The van der Waals surface area contributed by atoms with Gasteiger partial charge in [0, 0.05) is 80.2 Å². The number of methoxy groups -OCH3 is 1. The lowest BCUT2D eigenvalue weighted by Crippen LogP contribution is -2.53. The summed E-state index contributed by atoms with van der Waals surface area (Å²) >= 11 is 0. The summed E-state index contributed by atoms with van der Waals surface area (Å²) in [6.45, 7) is 7.77. The molecule has 7 heterocycles. The molecule has 0 spiro atoms. The number of nitrogens with one attached hydrogen (secondary N) is 4. The van der Waals surface area contributed by atoms with Crippen molar-refractivity contribution >= 4 is 34.8 Å². The average molecular weight is 957 g/mol. The van der Waals surface area contributed by atoms with Gasteiger partial charge in [-0.05, 0) is 105 Å². The second-order valence-corrected chi connectivity index (χ2v) is 19.3. The summed E-state index contributed by atoms with van der Waals surface area (Å²) < 4.78 is 28.6. The van der Waals surface area contributed by atoms with Crippen LogP contribution in [0.5, 0.6) is 11.5 Å². The van der Waals surface area contributed by atoms with Gasteiger partial charge in [0.1, 0.15) is 29.2 Å². The quantitative estimate of drug-likeness (QED) is 0.0935. The van der Waals surface area contributed by atoms with Crippen LogP contribution >= 0.6 is 0 Å². The van der Waals surface area contributed by atoms with Crippen LogP contribution in [0.2, 0.25) is 0 Å². The van der Waals surface area contributed by atoms with E-state index >= 15 is 0 Å². The Labute approximate surface area is 407 Å². The van der Waals surface area contributed by atoms with Crippen LogP contribution in [0.1, 0.15) is 113 Å². The number of imidazole rings is 2. The van der Waals surface area contributed by atoms with Crippen LogP contribution in [0.3, 0.4) is 0 Å². The Morgan fingerprint density at radius 3 is 1.91 bits per heavy atom. The number of benzene rings is 3. The van der Waals surface area contributed by atoms with E-state index in [0.29, 0.717) is 71.0 Å². The Morgan fingerprint density at radius 1 is 0.714 bits per heavy atom. The Balaban J connectivity index is 0.881. The number of alkyl carbamates (subject to hydrolysis) is 2. The second kappa shape index (κ2) is 20.1. The normalized spacial score (nSPS) is 21.1. The molecule has 5 aromatic rings. The third-order valence-corrected chi connectivity index (χ3v) is 15.7. The summed E-state index contributed by atoms with van der Waals surface area (Å²) in [7, 11) is 2.81. The molecule has 370 valence electrons. The standard InChI is InChI=1S/C53H64N8O9/c1-5-53(6-2)37-14-13-35(40-30-56-48(58-40)42-10-8-20-61(42)50(63)46(70-51(64)54-3)32-17-23-68-24-18-32)28-43(37)69-44-27-33-11-12-34(25-36(33)26-38(44)53)39-29-55-47(57-39)41-9-7-19-60(41)49(62)45(59-52(65)66-4)31-15-21-67-22-16-31/h11-14,25-32,41-42,45-46H,5-10,15-24H2,1-4H3,(H,54,64)(H,55,57)(H,56,58)(H,59,65)/t41-,42-,45-,46+/m0/s1. The number of aromatic amines is 2. The molecule has 5 aliphatic rings. The molecule has 2 aromatic heterocycles. The van der Waals surface area contributed by atoms with Gasteiger partial charge in [-0.2, -0.15) is 0 Å². The number of fused-ring (bicyclic) bond motifs is 3. The Morgan fingerprint density at radius 2 is 1.30 bits per heavy atom. The first-order chi connectivity index (χ1) is 34.1. The van der Waals surface area contributed by atoms with E-state index in [4.69, 9.17) is 33.7 Å². The fourth-order valence-electron chi connectivity index (χ4n) is 11.8. The van der Waals surface area contributed by atoms with Gasteiger partial charge in [0.15, 0.2) is 6.10 Å². The van der Waals surface area contributed by atoms with Crippen molar-refractivity contribution in [2.75, 3.05) is 53.7 Å². The lowest BCUT2D eigenvalue weighted by molar-refractivity contribution is -0.146. The molecule has 0 saturated carbocycles. The molecule has 0 bridgehead atoms. The van der Waals surface area contributed by atoms with Gasteiger partial charge in [0.25, 0.3) is 5.91 Å². The van der Waals surface area contributed by atoms with Crippen molar-refractivity contribution in [1.29, 1.82) is 0 Å². The number of rotatable bonds is 12. The molecular formula is C53H64N8O9. The van der Waals surface area contributed by atoms with E-state index in [0.717, 1.165) is 100 Å². The number of H-pyrrole nitrogens is 2. The van der Waals surface area contributed by atoms with Crippen molar-refractivity contribution in [2.24, 2.45) is 11.8 Å². The highest BCUT2D eigenvalue weighted by atomic mass is 16.6. The maximum atomic E-state index is 14.2. The third kappa shape index (κ3) is 8.86. The molecule has 17 nitrogen and oxygen atoms in total. The first-order valence-corrected chi connectivity index (χ1v) is 25.1. The molecular weight excluding hydrogens is 893 g/mol. The van der Waals surface area contributed by atoms with E-state index in [9.17, 15) is 19.2 Å². The predicted octanol–water partition coefficient (Wildman–Crippen LogP) is 8.46. The zero-order chi connectivity index (χ0) is 48.5. The number of ether oxygens (including phenoxy) is 5. The van der Waals surface area contributed by atoms with Crippen molar-refractivity contribution in [2.45, 2.75) is 108 Å². The summed E-state index contributed by atoms with van der Waals surface area (Å²) in [6.07, 6.45) is 9.09. The monoisotopic (exact) mass is 956 g/mol. The van der Waals surface area contributed by atoms with Gasteiger partial charge in [0.05, 0.1) is 43.0 Å². The average Bonchev–Trinajstić information content (AvgIpc) is 4.26. The van der Waals surface area contributed by atoms with E-state index < -0.39 is 24.3 Å². The molecule has 3 aromatic carbocycles. The van der Waals surface area contributed by atoms with Gasteiger partial charge in [-0.3, -0.25) is 9.59 Å². The minimum Gasteiger partial charge on any atom is -0.457 e. The molecule has 4 saturated heterocycles. The first kappa shape index (κ1) is 47.2. The maximum Gasteiger partial charge on any atom is 0.407 e. The predicted molar refractivity (Wildman–Crippen MR) is 260 cm³/mol. The highest BCUT2D eigenvalue weighted by Crippen LogP contribution is 2.53. The van der Waals surface area contributed by atoms with Gasteiger partial charge in [-0.25, -0.2) is 19.6 Å². The zero-order valence-corrected chi connectivity index (χ0v) is 40.5. The first-order valence-electron chi connectivity index (χ1n) is 25.1. The minimum atomic E-state index is -0.893. The number of carbonyl (C=O) groups excluding carboxylic acids is 4. The van der Waals surface area contributed by atoms with Crippen LogP contribution in [0.25, 0.3) is 33.3 Å². The number of hydrogen-bond donors (Lipinski definition) is 4.